The van der Waals surface area contributed by atoms with Gasteiger partial charge in [-0.3, -0.25) is 0 Å². The summed E-state index contributed by atoms with van der Waals surface area (Å²) in [7, 11) is 2.72. The van der Waals surface area contributed by atoms with Gasteiger partial charge in [-0.2, -0.15) is 13.9 Å². The van der Waals surface area contributed by atoms with Gasteiger partial charge in [0.15, 0.2) is 6.10 Å². The Kier molecular flexibility index (Phi) is 10.5. The minimum Gasteiger partial charge on any atom is -0.484 e. The van der Waals surface area contributed by atoms with Crippen molar-refractivity contribution in [2.75, 3.05) is 13.7 Å². The fourth-order valence-corrected chi connectivity index (χ4v) is 3.38. The molecule has 0 aliphatic carbocycles. The van der Waals surface area contributed by atoms with Crippen LogP contribution >= 0.6 is 23.2 Å². The molecule has 0 radical (unpaired) electrons. The van der Waals surface area contributed by atoms with Gasteiger partial charge in [0, 0.05) is 24.9 Å². The minimum atomic E-state index is -3.05. The van der Waals surface area contributed by atoms with Crippen LogP contribution in [0.2, 0.25) is 10.0 Å². The molecule has 0 aromatic carbocycles. The number of carbonyl (C=O) groups is 1. The molecule has 0 aliphatic rings. The van der Waals surface area contributed by atoms with Gasteiger partial charge in [0.1, 0.15) is 17.3 Å². The van der Waals surface area contributed by atoms with Gasteiger partial charge in [-0.1, -0.05) is 35.4 Å². The SMILES string of the molecule is COC(=O)C(C)O/C(C)=C/C(C)=C\C=C\COc1cc(Cl)c(-c2nn(C)c(OC(F)F)c2Cl)cn1. The lowest BCUT2D eigenvalue weighted by atomic mass is 10.2. The third-order valence-electron chi connectivity index (χ3n) is 4.37. The van der Waals surface area contributed by atoms with Crippen molar-refractivity contribution >= 4 is 29.2 Å². The van der Waals surface area contributed by atoms with Crippen LogP contribution in [-0.4, -0.2) is 47.2 Å². The van der Waals surface area contributed by atoms with E-state index in [-0.39, 0.29) is 34.1 Å². The highest BCUT2D eigenvalue weighted by molar-refractivity contribution is 6.37. The van der Waals surface area contributed by atoms with Crippen molar-refractivity contribution in [3.63, 3.8) is 0 Å². The van der Waals surface area contributed by atoms with Crippen LogP contribution in [0.25, 0.3) is 11.3 Å². The summed E-state index contributed by atoms with van der Waals surface area (Å²) < 4.78 is 46.3. The highest BCUT2D eigenvalue weighted by Gasteiger charge is 2.22. The van der Waals surface area contributed by atoms with Gasteiger partial charge >= 0.3 is 12.6 Å². The molecule has 0 N–H and O–H groups in total. The maximum absolute atomic E-state index is 12.6. The third kappa shape index (κ3) is 8.25. The Labute approximate surface area is 211 Å². The van der Waals surface area contributed by atoms with E-state index in [1.165, 1.54) is 26.4 Å². The monoisotopic (exact) mass is 531 g/mol. The summed E-state index contributed by atoms with van der Waals surface area (Å²) in [6.07, 6.45) is 7.86. The predicted molar refractivity (Wildman–Crippen MR) is 128 cm³/mol. The topological polar surface area (TPSA) is 84.7 Å². The molecule has 2 rings (SSSR count). The Hall–Kier alpha value is -3.11. The van der Waals surface area contributed by atoms with Crippen molar-refractivity contribution < 1.29 is 32.5 Å². The molecule has 0 fully saturated rings. The minimum absolute atomic E-state index is 0.107. The van der Waals surface area contributed by atoms with E-state index in [2.05, 4.69) is 19.6 Å². The summed E-state index contributed by atoms with van der Waals surface area (Å²) in [5.41, 5.74) is 1.38. The molecular weight excluding hydrogens is 507 g/mol. The summed E-state index contributed by atoms with van der Waals surface area (Å²) in [6, 6.07) is 1.47. The maximum atomic E-state index is 12.6. The Morgan fingerprint density at radius 3 is 2.63 bits per heavy atom. The molecule has 8 nitrogen and oxygen atoms in total. The standard InChI is InChI=1S/C23H25Cl2F2N3O5/c1-13(10-14(2)34-15(3)22(31)32-5)8-6-7-9-33-18-11-17(24)16(12-28-18)20-19(25)21(30(4)29-20)35-23(26)27/h6-8,10-12,15,23H,9H2,1-5H3/b7-6+,13-8-,14-10+. The third-order valence-corrected chi connectivity index (χ3v) is 5.03. The molecule has 0 amide bonds. The number of carbonyl (C=O) groups excluding carboxylic acids is 1. The molecule has 2 heterocycles. The van der Waals surface area contributed by atoms with E-state index < -0.39 is 18.7 Å². The lowest BCUT2D eigenvalue weighted by Crippen LogP contribution is -2.21. The van der Waals surface area contributed by atoms with Crippen molar-refractivity contribution in [2.24, 2.45) is 7.05 Å². The second-order valence-corrected chi connectivity index (χ2v) is 7.95. The lowest BCUT2D eigenvalue weighted by Gasteiger charge is -2.12. The summed E-state index contributed by atoms with van der Waals surface area (Å²) in [4.78, 5) is 15.6. The van der Waals surface area contributed by atoms with Crippen LogP contribution in [-0.2, 0) is 21.3 Å². The van der Waals surface area contributed by atoms with Gasteiger partial charge in [0.05, 0.1) is 17.9 Å². The van der Waals surface area contributed by atoms with E-state index in [9.17, 15) is 13.6 Å². The molecule has 35 heavy (non-hydrogen) atoms. The zero-order valence-corrected chi connectivity index (χ0v) is 21.2. The van der Waals surface area contributed by atoms with E-state index in [1.54, 1.807) is 32.1 Å². The number of aromatic nitrogens is 3. The van der Waals surface area contributed by atoms with Gasteiger partial charge in [-0.15, -0.1) is 0 Å². The van der Waals surface area contributed by atoms with Gasteiger partial charge < -0.3 is 18.9 Å². The Morgan fingerprint density at radius 1 is 1.29 bits per heavy atom. The zero-order valence-electron chi connectivity index (χ0n) is 19.7. The van der Waals surface area contributed by atoms with Crippen LogP contribution in [0.4, 0.5) is 8.78 Å². The number of nitrogens with zero attached hydrogens (tertiary/aromatic N) is 3. The second kappa shape index (κ2) is 13.1. The molecule has 2 aromatic heterocycles. The highest BCUT2D eigenvalue weighted by Crippen LogP contribution is 2.38. The van der Waals surface area contributed by atoms with Crippen LogP contribution in [0.1, 0.15) is 20.8 Å². The van der Waals surface area contributed by atoms with Crippen LogP contribution in [0, 0.1) is 0 Å². The summed E-state index contributed by atoms with van der Waals surface area (Å²) in [5, 5.41) is 4.20. The number of allylic oxidation sites excluding steroid dienone is 5. The Morgan fingerprint density at radius 2 is 2.00 bits per heavy atom. The number of halogens is 4. The van der Waals surface area contributed by atoms with Crippen LogP contribution in [0.3, 0.4) is 0 Å². The van der Waals surface area contributed by atoms with E-state index in [4.69, 9.17) is 32.7 Å². The Bertz CT molecular complexity index is 1130. The fourth-order valence-electron chi connectivity index (χ4n) is 2.84. The van der Waals surface area contributed by atoms with Crippen molar-refractivity contribution in [1.82, 2.24) is 14.8 Å². The number of aryl methyl sites for hydroxylation is 1. The number of esters is 1. The summed E-state index contributed by atoms with van der Waals surface area (Å²) in [6.45, 7) is 2.39. The predicted octanol–water partition coefficient (Wildman–Crippen LogP) is 5.75. The molecule has 0 spiro atoms. The van der Waals surface area contributed by atoms with Crippen molar-refractivity contribution in [3.05, 3.63) is 57.9 Å². The molecule has 0 aliphatic heterocycles. The van der Waals surface area contributed by atoms with Crippen molar-refractivity contribution in [3.8, 4) is 23.0 Å². The first kappa shape index (κ1) is 28.1. The second-order valence-electron chi connectivity index (χ2n) is 7.16. The van der Waals surface area contributed by atoms with E-state index in [1.807, 2.05) is 13.0 Å². The number of hydrogen-bond acceptors (Lipinski definition) is 7. The molecule has 0 saturated heterocycles. The van der Waals surface area contributed by atoms with Gasteiger partial charge in [-0.05, 0) is 38.5 Å². The first-order chi connectivity index (χ1) is 16.5. The van der Waals surface area contributed by atoms with Gasteiger partial charge in [-0.25, -0.2) is 14.5 Å². The number of rotatable bonds is 11. The molecule has 0 bridgehead atoms. The van der Waals surface area contributed by atoms with E-state index in [0.29, 0.717) is 11.3 Å². The average molecular weight is 532 g/mol. The van der Waals surface area contributed by atoms with Gasteiger partial charge in [0.25, 0.3) is 0 Å². The summed E-state index contributed by atoms with van der Waals surface area (Å²) >= 11 is 12.4. The number of alkyl halides is 2. The molecule has 1 unspecified atom stereocenters. The molecule has 12 heteroatoms. The smallest absolute Gasteiger partial charge is 0.388 e. The van der Waals surface area contributed by atoms with Crippen molar-refractivity contribution in [1.29, 1.82) is 0 Å². The highest BCUT2D eigenvalue weighted by atomic mass is 35.5. The lowest BCUT2D eigenvalue weighted by molar-refractivity contribution is -0.150. The average Bonchev–Trinajstić information content (AvgIpc) is 3.05. The fraction of sp³-hybridized carbons (Fsp3) is 0.348. The largest absolute Gasteiger partial charge is 0.484 e. The zero-order chi connectivity index (χ0) is 26.1. The number of methoxy groups -OCH3 is 1. The molecule has 0 saturated carbocycles. The van der Waals surface area contributed by atoms with Crippen LogP contribution in [0.15, 0.2) is 47.9 Å². The Balaban J connectivity index is 1.97. The first-order valence-electron chi connectivity index (χ1n) is 10.3. The molecule has 2 aromatic rings. The van der Waals surface area contributed by atoms with Crippen molar-refractivity contribution in [2.45, 2.75) is 33.5 Å². The van der Waals surface area contributed by atoms with Gasteiger partial charge in [0.2, 0.25) is 11.8 Å². The number of hydrogen-bond donors (Lipinski definition) is 0. The normalized spacial score (nSPS) is 13.3. The first-order valence-corrected chi connectivity index (χ1v) is 11.0. The molecule has 190 valence electrons. The van der Waals surface area contributed by atoms with E-state index in [0.717, 1.165) is 10.3 Å². The van der Waals surface area contributed by atoms with Crippen LogP contribution < -0.4 is 9.47 Å². The maximum Gasteiger partial charge on any atom is 0.388 e. The van der Waals surface area contributed by atoms with Crippen LogP contribution in [0.5, 0.6) is 11.8 Å². The summed E-state index contributed by atoms with van der Waals surface area (Å²) in [5.74, 6) is 0.0882. The number of pyridine rings is 1. The molecule has 1 atom stereocenters. The van der Waals surface area contributed by atoms with E-state index >= 15 is 0 Å². The molecular formula is C23H25Cl2F2N3O5. The quantitative estimate of drug-likeness (QED) is 0.207. The number of ether oxygens (including phenoxy) is 4.